The Labute approximate surface area is 106 Å². The first-order valence-corrected chi connectivity index (χ1v) is 5.00. The third-order valence-electron chi connectivity index (χ3n) is 2.04. The van der Waals surface area contributed by atoms with Gasteiger partial charge in [0.2, 0.25) is 5.91 Å². The molecule has 1 rings (SSSR count). The Balaban J connectivity index is 0.00000256. The van der Waals surface area contributed by atoms with Gasteiger partial charge in [-0.1, -0.05) is 12.1 Å². The Morgan fingerprint density at radius 2 is 1.94 bits per heavy atom. The third kappa shape index (κ3) is 4.42. The zero-order valence-corrected chi connectivity index (χ0v) is 10.3. The lowest BCUT2D eigenvalue weighted by molar-refractivity contribution is -0.116. The molecule has 0 aliphatic heterocycles. The zero-order valence-electron chi connectivity index (χ0n) is 9.53. The van der Waals surface area contributed by atoms with Gasteiger partial charge < -0.3 is 16.4 Å². The second kappa shape index (κ2) is 7.65. The summed E-state index contributed by atoms with van der Waals surface area (Å²) in [5.74, 6) is -0.428. The highest BCUT2D eigenvalue weighted by Gasteiger charge is 2.10. The van der Waals surface area contributed by atoms with Crippen molar-refractivity contribution in [3.05, 3.63) is 29.8 Å². The average Bonchev–Trinajstić information content (AvgIpc) is 2.29. The Kier molecular flexibility index (Phi) is 6.93. The number of carbonyl (C=O) groups excluding carboxylic acids is 2. The van der Waals surface area contributed by atoms with Crippen LogP contribution in [-0.2, 0) is 4.79 Å². The van der Waals surface area contributed by atoms with Gasteiger partial charge >= 0.3 is 0 Å². The number of halogens is 1. The second-order valence-electron chi connectivity index (χ2n) is 3.21. The molecule has 0 aromatic heterocycles. The molecule has 6 heteroatoms. The molecule has 0 unspecified atom stereocenters. The van der Waals surface area contributed by atoms with Gasteiger partial charge in [-0.2, -0.15) is 0 Å². The van der Waals surface area contributed by atoms with Gasteiger partial charge in [0, 0.05) is 20.0 Å². The van der Waals surface area contributed by atoms with Gasteiger partial charge in [0.1, 0.15) is 0 Å². The summed E-state index contributed by atoms with van der Waals surface area (Å²) in [7, 11) is 1.54. The Morgan fingerprint density at radius 3 is 2.53 bits per heavy atom. The number of amides is 2. The number of carbonyl (C=O) groups is 2. The van der Waals surface area contributed by atoms with Crippen LogP contribution in [0.2, 0.25) is 0 Å². The molecule has 0 saturated heterocycles. The number of para-hydroxylation sites is 1. The number of nitrogens with one attached hydrogen (secondary N) is 2. The smallest absolute Gasteiger partial charge is 0.253 e. The molecule has 0 bridgehead atoms. The molecule has 5 nitrogen and oxygen atoms in total. The summed E-state index contributed by atoms with van der Waals surface area (Å²) in [6.07, 6.45) is 0.238. The van der Waals surface area contributed by atoms with Crippen LogP contribution in [0.3, 0.4) is 0 Å². The van der Waals surface area contributed by atoms with E-state index in [0.29, 0.717) is 11.3 Å². The first-order chi connectivity index (χ1) is 7.69. The first kappa shape index (κ1) is 15.4. The van der Waals surface area contributed by atoms with Crippen molar-refractivity contribution >= 4 is 29.9 Å². The van der Waals surface area contributed by atoms with E-state index in [0.717, 1.165) is 0 Å². The van der Waals surface area contributed by atoms with Crippen LogP contribution in [0.1, 0.15) is 16.8 Å². The Bertz CT molecular complexity index is 396. The average molecular weight is 258 g/mol. The van der Waals surface area contributed by atoms with Gasteiger partial charge in [-0.25, -0.2) is 0 Å². The number of nitrogens with two attached hydrogens (primary N) is 1. The predicted molar refractivity (Wildman–Crippen MR) is 69.4 cm³/mol. The Hall–Kier alpha value is -1.59. The standard InChI is InChI=1S/C11H15N3O2.ClH/c1-13-11(16)8-4-2-3-5-9(8)14-10(15)6-7-12;/h2-5H,6-7,12H2,1H3,(H,13,16)(H,14,15);1H. The molecule has 0 radical (unpaired) electrons. The van der Waals surface area contributed by atoms with Crippen molar-refractivity contribution in [1.29, 1.82) is 0 Å². The number of rotatable bonds is 4. The number of hydrogen-bond acceptors (Lipinski definition) is 3. The van der Waals surface area contributed by atoms with E-state index in [1.165, 1.54) is 0 Å². The highest BCUT2D eigenvalue weighted by atomic mass is 35.5. The van der Waals surface area contributed by atoms with Crippen molar-refractivity contribution < 1.29 is 9.59 Å². The second-order valence-corrected chi connectivity index (χ2v) is 3.21. The van der Waals surface area contributed by atoms with Crippen LogP contribution in [0.25, 0.3) is 0 Å². The predicted octanol–water partition coefficient (Wildman–Crippen LogP) is 0.755. The molecule has 0 aliphatic rings. The van der Waals surface area contributed by atoms with Crippen LogP contribution in [-0.4, -0.2) is 25.4 Å². The maximum absolute atomic E-state index is 11.5. The van der Waals surface area contributed by atoms with E-state index in [-0.39, 0.29) is 37.2 Å². The lowest BCUT2D eigenvalue weighted by Gasteiger charge is -2.09. The van der Waals surface area contributed by atoms with Gasteiger partial charge in [0.25, 0.3) is 5.91 Å². The maximum atomic E-state index is 11.5. The molecule has 4 N–H and O–H groups in total. The summed E-state index contributed by atoms with van der Waals surface area (Å²) in [5.41, 5.74) is 6.21. The van der Waals surface area contributed by atoms with E-state index in [4.69, 9.17) is 5.73 Å². The van der Waals surface area contributed by atoms with Crippen LogP contribution in [0, 0.1) is 0 Å². The zero-order chi connectivity index (χ0) is 12.0. The molecule has 0 atom stereocenters. The first-order valence-electron chi connectivity index (χ1n) is 5.00. The molecular weight excluding hydrogens is 242 g/mol. The summed E-state index contributed by atoms with van der Waals surface area (Å²) in [6.45, 7) is 0.286. The molecule has 0 saturated carbocycles. The van der Waals surface area contributed by atoms with Crippen molar-refractivity contribution in [1.82, 2.24) is 5.32 Å². The van der Waals surface area contributed by atoms with Crippen molar-refractivity contribution in [2.45, 2.75) is 6.42 Å². The minimum Gasteiger partial charge on any atom is -0.355 e. The maximum Gasteiger partial charge on any atom is 0.253 e. The van der Waals surface area contributed by atoms with Gasteiger partial charge in [0.05, 0.1) is 11.3 Å². The van der Waals surface area contributed by atoms with E-state index < -0.39 is 0 Å². The summed E-state index contributed by atoms with van der Waals surface area (Å²) in [4.78, 5) is 22.8. The normalized spacial score (nSPS) is 9.06. The van der Waals surface area contributed by atoms with Crippen LogP contribution >= 0.6 is 12.4 Å². The van der Waals surface area contributed by atoms with Crippen LogP contribution in [0.4, 0.5) is 5.69 Å². The molecule has 2 amide bonds. The molecule has 94 valence electrons. The summed E-state index contributed by atoms with van der Waals surface area (Å²) >= 11 is 0. The largest absolute Gasteiger partial charge is 0.355 e. The number of hydrogen-bond donors (Lipinski definition) is 3. The van der Waals surface area contributed by atoms with Crippen molar-refractivity contribution in [2.75, 3.05) is 18.9 Å². The highest BCUT2D eigenvalue weighted by molar-refractivity contribution is 6.03. The van der Waals surface area contributed by atoms with E-state index in [1.807, 2.05) is 0 Å². The quantitative estimate of drug-likeness (QED) is 0.744. The number of benzene rings is 1. The van der Waals surface area contributed by atoms with E-state index in [9.17, 15) is 9.59 Å². The van der Waals surface area contributed by atoms with Crippen molar-refractivity contribution in [2.24, 2.45) is 5.73 Å². The minimum absolute atomic E-state index is 0. The highest BCUT2D eigenvalue weighted by Crippen LogP contribution is 2.14. The lowest BCUT2D eigenvalue weighted by Crippen LogP contribution is -2.22. The van der Waals surface area contributed by atoms with Gasteiger partial charge in [0.15, 0.2) is 0 Å². The third-order valence-corrected chi connectivity index (χ3v) is 2.04. The fraction of sp³-hybridized carbons (Fsp3) is 0.273. The summed E-state index contributed by atoms with van der Waals surface area (Å²) in [5, 5.41) is 5.16. The van der Waals surface area contributed by atoms with Crippen LogP contribution < -0.4 is 16.4 Å². The molecule has 0 fully saturated rings. The summed E-state index contributed by atoms with van der Waals surface area (Å²) < 4.78 is 0. The monoisotopic (exact) mass is 257 g/mol. The van der Waals surface area contributed by atoms with E-state index in [2.05, 4.69) is 10.6 Å². The van der Waals surface area contributed by atoms with Crippen LogP contribution in [0.15, 0.2) is 24.3 Å². The molecular formula is C11H16ClN3O2. The summed E-state index contributed by atoms with van der Waals surface area (Å²) in [6, 6.07) is 6.82. The molecule has 0 spiro atoms. The molecule has 0 aliphatic carbocycles. The van der Waals surface area contributed by atoms with Gasteiger partial charge in [-0.05, 0) is 12.1 Å². The van der Waals surface area contributed by atoms with E-state index in [1.54, 1.807) is 31.3 Å². The minimum atomic E-state index is -0.233. The molecule has 0 heterocycles. The SMILES string of the molecule is CNC(=O)c1ccccc1NC(=O)CCN.Cl. The van der Waals surface area contributed by atoms with Crippen LogP contribution in [0.5, 0.6) is 0 Å². The van der Waals surface area contributed by atoms with Crippen molar-refractivity contribution in [3.8, 4) is 0 Å². The number of anilines is 1. The molecule has 17 heavy (non-hydrogen) atoms. The fourth-order valence-electron chi connectivity index (χ4n) is 1.27. The Morgan fingerprint density at radius 1 is 1.29 bits per heavy atom. The van der Waals surface area contributed by atoms with E-state index >= 15 is 0 Å². The molecule has 1 aromatic rings. The fourth-order valence-corrected chi connectivity index (χ4v) is 1.27. The molecule has 1 aromatic carbocycles. The lowest BCUT2D eigenvalue weighted by atomic mass is 10.1. The van der Waals surface area contributed by atoms with Crippen molar-refractivity contribution in [3.63, 3.8) is 0 Å². The van der Waals surface area contributed by atoms with Gasteiger partial charge in [-0.15, -0.1) is 12.4 Å². The topological polar surface area (TPSA) is 84.2 Å². The van der Waals surface area contributed by atoms with Gasteiger partial charge in [-0.3, -0.25) is 9.59 Å².